The molecule has 0 saturated carbocycles. The lowest BCUT2D eigenvalue weighted by Gasteiger charge is -2.00. The predicted molar refractivity (Wildman–Crippen MR) is 43.9 cm³/mol. The highest BCUT2D eigenvalue weighted by Gasteiger charge is 1.99. The van der Waals surface area contributed by atoms with E-state index in [1.165, 1.54) is 6.92 Å². The highest BCUT2D eigenvalue weighted by Crippen LogP contribution is 1.81. The molecule has 0 spiro atoms. The molecule has 72 valence electrons. The Morgan fingerprint density at radius 2 is 2.31 bits per heavy atom. The zero-order valence-corrected chi connectivity index (χ0v) is 7.32. The van der Waals surface area contributed by atoms with Crippen LogP contribution in [0.25, 0.3) is 5.53 Å². The van der Waals surface area contributed by atoms with Crippen LogP contribution in [-0.4, -0.2) is 36.0 Å². The third-order valence-electron chi connectivity index (χ3n) is 1.10. The highest BCUT2D eigenvalue weighted by atomic mass is 16.5. The summed E-state index contributed by atoms with van der Waals surface area (Å²) in [5.41, 5.74) is 7.95. The molecule has 6 nitrogen and oxygen atoms in total. The van der Waals surface area contributed by atoms with Crippen molar-refractivity contribution in [3.63, 3.8) is 0 Å². The van der Waals surface area contributed by atoms with Gasteiger partial charge < -0.3 is 15.6 Å². The summed E-state index contributed by atoms with van der Waals surface area (Å²) in [6.07, 6.45) is 1.29. The van der Waals surface area contributed by atoms with Gasteiger partial charge in [0.2, 0.25) is 0 Å². The zero-order valence-electron chi connectivity index (χ0n) is 7.32. The lowest BCUT2D eigenvalue weighted by molar-refractivity contribution is -0.140. The van der Waals surface area contributed by atoms with Crippen LogP contribution >= 0.6 is 0 Å². The summed E-state index contributed by atoms with van der Waals surface area (Å²) in [6, 6.07) is 0. The number of carbonyl (C=O) groups is 2. The van der Waals surface area contributed by atoms with Crippen LogP contribution in [0, 0.1) is 0 Å². The molecule has 0 aliphatic rings. The summed E-state index contributed by atoms with van der Waals surface area (Å²) < 4.78 is 4.61. The number of ether oxygens (including phenoxy) is 1. The molecule has 6 heteroatoms. The number of esters is 1. The summed E-state index contributed by atoms with van der Waals surface area (Å²) in [5, 5.41) is 2.42. The third kappa shape index (κ3) is 8.22. The Labute approximate surface area is 75.5 Å². The number of amides is 1. The molecule has 0 aromatic rings. The van der Waals surface area contributed by atoms with E-state index in [4.69, 9.17) is 5.53 Å². The summed E-state index contributed by atoms with van der Waals surface area (Å²) in [4.78, 5) is 23.4. The second-order valence-corrected chi connectivity index (χ2v) is 2.23. The topological polar surface area (TPSA) is 91.8 Å². The minimum Gasteiger partial charge on any atom is -0.466 e. The third-order valence-corrected chi connectivity index (χ3v) is 1.10. The predicted octanol–water partition coefficient (Wildman–Crippen LogP) is -0.644. The standard InChI is InChI=1S/C7H11N3O3/c1-6(11)13-4-2-3-9-7(12)5-10-8/h5H,2-4H2,1H3,(H,9,12). The highest BCUT2D eigenvalue weighted by molar-refractivity contribution is 6.23. The van der Waals surface area contributed by atoms with Crippen LogP contribution in [0.5, 0.6) is 0 Å². The van der Waals surface area contributed by atoms with Gasteiger partial charge in [-0.1, -0.05) is 0 Å². The molecule has 0 fully saturated rings. The van der Waals surface area contributed by atoms with Gasteiger partial charge in [-0.3, -0.25) is 9.59 Å². The summed E-state index contributed by atoms with van der Waals surface area (Å²) in [6.45, 7) is 1.96. The lowest BCUT2D eigenvalue weighted by Crippen LogP contribution is -2.26. The number of hydrogen-bond acceptors (Lipinski definition) is 3. The van der Waals surface area contributed by atoms with Crippen LogP contribution in [0.15, 0.2) is 0 Å². The first kappa shape index (κ1) is 11.3. The molecule has 13 heavy (non-hydrogen) atoms. The maximum Gasteiger partial charge on any atom is 0.344 e. The van der Waals surface area contributed by atoms with Gasteiger partial charge >= 0.3 is 18.1 Å². The number of nitrogens with one attached hydrogen (secondary N) is 1. The van der Waals surface area contributed by atoms with E-state index in [1.54, 1.807) is 0 Å². The van der Waals surface area contributed by atoms with E-state index in [0.29, 0.717) is 13.0 Å². The first-order valence-electron chi connectivity index (χ1n) is 3.75. The van der Waals surface area contributed by atoms with E-state index in [2.05, 4.69) is 14.8 Å². The van der Waals surface area contributed by atoms with Crippen molar-refractivity contribution in [1.82, 2.24) is 5.32 Å². The van der Waals surface area contributed by atoms with Gasteiger partial charge in [0.05, 0.1) is 6.61 Å². The molecule has 0 aliphatic heterocycles. The van der Waals surface area contributed by atoms with E-state index < -0.39 is 5.91 Å². The van der Waals surface area contributed by atoms with Gasteiger partial charge in [0.1, 0.15) is 0 Å². The second-order valence-electron chi connectivity index (χ2n) is 2.23. The molecule has 0 rings (SSSR count). The molecule has 0 atom stereocenters. The monoisotopic (exact) mass is 185 g/mol. The molecule has 1 N–H and O–H groups in total. The van der Waals surface area contributed by atoms with Crippen molar-refractivity contribution in [3.8, 4) is 0 Å². The van der Waals surface area contributed by atoms with E-state index in [-0.39, 0.29) is 12.6 Å². The molecular weight excluding hydrogens is 174 g/mol. The summed E-state index contributed by atoms with van der Waals surface area (Å²) >= 11 is 0. The van der Waals surface area contributed by atoms with Gasteiger partial charge in [0.15, 0.2) is 0 Å². The van der Waals surface area contributed by atoms with Gasteiger partial charge in [0.25, 0.3) is 0 Å². The molecule has 0 aliphatic carbocycles. The van der Waals surface area contributed by atoms with E-state index in [0.717, 1.165) is 6.21 Å². The summed E-state index contributed by atoms with van der Waals surface area (Å²) in [5.74, 6) is -0.825. The fourth-order valence-corrected chi connectivity index (χ4v) is 0.598. The molecule has 0 heterocycles. The van der Waals surface area contributed by atoms with Gasteiger partial charge in [-0.05, 0) is 6.42 Å². The SMILES string of the molecule is CC(=O)OCCCNC(=O)C=[N+]=[N-]. The van der Waals surface area contributed by atoms with Crippen molar-refractivity contribution in [2.45, 2.75) is 13.3 Å². The number of carbonyl (C=O) groups excluding carboxylic acids is 2. The Balaban J connectivity index is 3.30. The molecule has 0 bridgehead atoms. The maximum atomic E-state index is 10.6. The van der Waals surface area contributed by atoms with Crippen molar-refractivity contribution in [2.75, 3.05) is 13.2 Å². The lowest BCUT2D eigenvalue weighted by atomic mass is 10.4. The molecule has 0 aromatic carbocycles. The van der Waals surface area contributed by atoms with Gasteiger partial charge in [-0.2, -0.15) is 4.79 Å². The van der Waals surface area contributed by atoms with Crippen molar-refractivity contribution in [3.05, 3.63) is 5.53 Å². The maximum absolute atomic E-state index is 10.6. The zero-order chi connectivity index (χ0) is 10.1. The van der Waals surface area contributed by atoms with Crippen molar-refractivity contribution in [2.24, 2.45) is 0 Å². The minimum absolute atomic E-state index is 0.270. The second kappa shape index (κ2) is 7.00. The van der Waals surface area contributed by atoms with Gasteiger partial charge in [-0.15, -0.1) is 0 Å². The number of rotatable bonds is 5. The Kier molecular flexibility index (Phi) is 6.09. The Bertz CT molecular complexity index is 233. The molecular formula is C7H11N3O3. The molecule has 1 amide bonds. The number of nitrogens with zero attached hydrogens (tertiary/aromatic N) is 2. The largest absolute Gasteiger partial charge is 0.466 e. The number of hydrogen-bond donors (Lipinski definition) is 1. The van der Waals surface area contributed by atoms with Crippen LogP contribution in [-0.2, 0) is 14.3 Å². The molecule has 0 saturated heterocycles. The average Bonchev–Trinajstić information content (AvgIpc) is 2.03. The van der Waals surface area contributed by atoms with Crippen LogP contribution in [0.2, 0.25) is 0 Å². The molecule has 0 radical (unpaired) electrons. The van der Waals surface area contributed by atoms with Crippen LogP contribution in [0.3, 0.4) is 0 Å². The van der Waals surface area contributed by atoms with E-state index in [1.807, 2.05) is 0 Å². The van der Waals surface area contributed by atoms with E-state index >= 15 is 0 Å². The van der Waals surface area contributed by atoms with Crippen molar-refractivity contribution >= 4 is 18.1 Å². The van der Waals surface area contributed by atoms with E-state index in [9.17, 15) is 9.59 Å². The quantitative estimate of drug-likeness (QED) is 0.203. The Morgan fingerprint density at radius 3 is 2.85 bits per heavy atom. The fraction of sp³-hybridized carbons (Fsp3) is 0.571. The first-order chi connectivity index (χ1) is 6.16. The van der Waals surface area contributed by atoms with Gasteiger partial charge in [0, 0.05) is 13.5 Å². The van der Waals surface area contributed by atoms with Crippen molar-refractivity contribution < 1.29 is 19.1 Å². The van der Waals surface area contributed by atoms with Crippen LogP contribution < -0.4 is 5.32 Å². The smallest absolute Gasteiger partial charge is 0.344 e. The van der Waals surface area contributed by atoms with Crippen molar-refractivity contribution in [1.29, 1.82) is 0 Å². The Hall–Kier alpha value is -1.68. The molecule has 0 unspecified atom stereocenters. The first-order valence-corrected chi connectivity index (χ1v) is 3.75. The van der Waals surface area contributed by atoms with Crippen LogP contribution in [0.4, 0.5) is 0 Å². The van der Waals surface area contributed by atoms with Crippen LogP contribution in [0.1, 0.15) is 13.3 Å². The average molecular weight is 185 g/mol. The fourth-order valence-electron chi connectivity index (χ4n) is 0.598. The van der Waals surface area contributed by atoms with Gasteiger partial charge in [-0.25, -0.2) is 0 Å². The Morgan fingerprint density at radius 1 is 1.62 bits per heavy atom. The summed E-state index contributed by atoms with van der Waals surface area (Å²) in [7, 11) is 0. The molecule has 0 aromatic heterocycles. The minimum atomic E-state index is -0.481. The normalized spacial score (nSPS) is 8.38.